The molecule has 1 aliphatic rings. The van der Waals surface area contributed by atoms with E-state index in [0.29, 0.717) is 29.8 Å². The summed E-state index contributed by atoms with van der Waals surface area (Å²) < 4.78 is 3.11. The molecule has 25 heavy (non-hydrogen) atoms. The monoisotopic (exact) mass is 339 g/mol. The van der Waals surface area contributed by atoms with E-state index in [1.807, 2.05) is 16.9 Å². The fourth-order valence-electron chi connectivity index (χ4n) is 3.04. The van der Waals surface area contributed by atoms with Crippen molar-refractivity contribution in [2.75, 3.05) is 6.54 Å². The van der Waals surface area contributed by atoms with E-state index in [1.165, 1.54) is 0 Å². The molecule has 2 heterocycles. The first-order valence-electron chi connectivity index (χ1n) is 8.09. The number of amides is 1. The second-order valence-corrected chi connectivity index (χ2v) is 6.15. The van der Waals surface area contributed by atoms with E-state index in [9.17, 15) is 9.59 Å². The lowest BCUT2D eigenvalue weighted by Crippen LogP contribution is -2.37. The van der Waals surface area contributed by atoms with Crippen molar-refractivity contribution in [2.45, 2.75) is 18.9 Å². The van der Waals surface area contributed by atoms with Gasteiger partial charge in [-0.1, -0.05) is 0 Å². The highest BCUT2D eigenvalue weighted by molar-refractivity contribution is 5.94. The molecule has 0 atom stereocenters. The number of carbonyl (C=O) groups excluding carboxylic acids is 1. The number of nitrogens with zero attached hydrogens (tertiary/aromatic N) is 5. The zero-order valence-corrected chi connectivity index (χ0v) is 13.4. The van der Waals surface area contributed by atoms with Crippen molar-refractivity contribution in [1.29, 1.82) is 0 Å². The number of carbonyl (C=O) groups is 1. The van der Waals surface area contributed by atoms with E-state index in [2.05, 4.69) is 25.9 Å². The topological polar surface area (TPSA) is 110 Å². The average Bonchev–Trinajstić information content (AvgIpc) is 3.25. The van der Waals surface area contributed by atoms with Gasteiger partial charge in [-0.3, -0.25) is 9.48 Å². The quantitative estimate of drug-likeness (QED) is 0.704. The Kier molecular flexibility index (Phi) is 3.88. The number of H-pyrrole nitrogens is 1. The fourth-order valence-corrected chi connectivity index (χ4v) is 3.04. The number of benzene rings is 1. The van der Waals surface area contributed by atoms with Gasteiger partial charge in [-0.2, -0.15) is 9.78 Å². The third-order valence-electron chi connectivity index (χ3n) is 4.51. The summed E-state index contributed by atoms with van der Waals surface area (Å²) in [7, 11) is 0. The van der Waals surface area contributed by atoms with Crippen molar-refractivity contribution in [3.8, 4) is 5.69 Å². The molecular weight excluding hydrogens is 322 g/mol. The van der Waals surface area contributed by atoms with Crippen molar-refractivity contribution in [3.63, 3.8) is 0 Å². The molecule has 0 saturated heterocycles. The zero-order chi connectivity index (χ0) is 17.2. The largest absolute Gasteiger partial charge is 0.365 e. The maximum atomic E-state index is 12.2. The Morgan fingerprint density at radius 1 is 1.28 bits per heavy atom. The molecule has 0 radical (unpaired) electrons. The molecule has 0 aliphatic heterocycles. The normalized spacial score (nSPS) is 19.4. The van der Waals surface area contributed by atoms with Crippen LogP contribution in [-0.4, -0.2) is 42.4 Å². The summed E-state index contributed by atoms with van der Waals surface area (Å²) in [5.74, 6) is 0.354. The van der Waals surface area contributed by atoms with Crippen molar-refractivity contribution in [2.24, 2.45) is 5.92 Å². The standard InChI is InChI=1S/C16H17N7O2/c24-15(17-10-11-8-14(9-11)22-7-1-6-18-22)12-2-4-13(5-3-12)23-16(25)19-20-21-23/h1-7,11,14H,8-10H2,(H,17,24)(H,19,21,25). The summed E-state index contributed by atoms with van der Waals surface area (Å²) in [5, 5.41) is 16.5. The van der Waals surface area contributed by atoms with Crippen LogP contribution in [0.1, 0.15) is 29.2 Å². The van der Waals surface area contributed by atoms with Crippen LogP contribution >= 0.6 is 0 Å². The van der Waals surface area contributed by atoms with Gasteiger partial charge in [-0.05, 0) is 59.5 Å². The van der Waals surface area contributed by atoms with E-state index in [-0.39, 0.29) is 5.91 Å². The Morgan fingerprint density at radius 3 is 2.72 bits per heavy atom. The predicted octanol–water partition coefficient (Wildman–Crippen LogP) is 0.533. The minimum Gasteiger partial charge on any atom is -0.352 e. The number of hydrogen-bond acceptors (Lipinski definition) is 5. The van der Waals surface area contributed by atoms with Gasteiger partial charge in [0.1, 0.15) is 0 Å². The fraction of sp³-hybridized carbons (Fsp3) is 0.312. The van der Waals surface area contributed by atoms with Gasteiger partial charge in [0.15, 0.2) is 0 Å². The molecule has 9 nitrogen and oxygen atoms in total. The van der Waals surface area contributed by atoms with Crippen LogP contribution in [0.25, 0.3) is 5.69 Å². The van der Waals surface area contributed by atoms with Crippen LogP contribution in [0, 0.1) is 5.92 Å². The summed E-state index contributed by atoms with van der Waals surface area (Å²) in [6, 6.07) is 9.02. The first kappa shape index (κ1) is 15.3. The summed E-state index contributed by atoms with van der Waals surface area (Å²) in [6.45, 7) is 0.654. The molecule has 0 bridgehead atoms. The summed E-state index contributed by atoms with van der Waals surface area (Å²) >= 11 is 0. The molecule has 2 aromatic heterocycles. The van der Waals surface area contributed by atoms with Crippen LogP contribution in [-0.2, 0) is 0 Å². The van der Waals surface area contributed by atoms with Gasteiger partial charge in [0.05, 0.1) is 11.7 Å². The number of rotatable bonds is 5. The molecule has 9 heteroatoms. The molecule has 1 aromatic carbocycles. The molecular formula is C16H17N7O2. The first-order valence-corrected chi connectivity index (χ1v) is 8.09. The van der Waals surface area contributed by atoms with Gasteiger partial charge in [-0.15, -0.1) is 0 Å². The molecule has 0 unspecified atom stereocenters. The molecule has 4 rings (SSSR count). The number of aromatic nitrogens is 6. The zero-order valence-electron chi connectivity index (χ0n) is 13.4. The third kappa shape index (κ3) is 3.08. The minimum absolute atomic E-state index is 0.124. The highest BCUT2D eigenvalue weighted by Crippen LogP contribution is 2.36. The van der Waals surface area contributed by atoms with Gasteiger partial charge in [-0.25, -0.2) is 9.89 Å². The third-order valence-corrected chi connectivity index (χ3v) is 4.51. The van der Waals surface area contributed by atoms with E-state index >= 15 is 0 Å². The lowest BCUT2D eigenvalue weighted by molar-refractivity contribution is 0.0923. The first-order chi connectivity index (χ1) is 12.2. The smallest absolute Gasteiger partial charge is 0.352 e. The maximum absolute atomic E-state index is 12.2. The Morgan fingerprint density at radius 2 is 2.08 bits per heavy atom. The molecule has 1 fully saturated rings. The van der Waals surface area contributed by atoms with Gasteiger partial charge in [0.2, 0.25) is 0 Å². The second kappa shape index (κ2) is 6.34. The second-order valence-electron chi connectivity index (χ2n) is 6.15. The van der Waals surface area contributed by atoms with Crippen molar-refractivity contribution >= 4 is 5.91 Å². The molecule has 1 amide bonds. The maximum Gasteiger partial charge on any atom is 0.365 e. The predicted molar refractivity (Wildman–Crippen MR) is 88.3 cm³/mol. The molecule has 1 aliphatic carbocycles. The summed E-state index contributed by atoms with van der Waals surface area (Å²) in [4.78, 5) is 23.7. The molecule has 3 aromatic rings. The van der Waals surface area contributed by atoms with Crippen LogP contribution in [0.2, 0.25) is 0 Å². The Hall–Kier alpha value is -3.23. The van der Waals surface area contributed by atoms with Crippen molar-refractivity contribution in [3.05, 3.63) is 58.8 Å². The lowest BCUT2D eigenvalue weighted by atomic mass is 9.80. The summed E-state index contributed by atoms with van der Waals surface area (Å²) in [6.07, 6.45) is 5.80. The Labute approximate surface area is 142 Å². The average molecular weight is 339 g/mol. The van der Waals surface area contributed by atoms with Crippen LogP contribution in [0.3, 0.4) is 0 Å². The van der Waals surface area contributed by atoms with Gasteiger partial charge in [0.25, 0.3) is 5.91 Å². The number of tetrazole rings is 1. The molecule has 2 N–H and O–H groups in total. The van der Waals surface area contributed by atoms with Crippen LogP contribution in [0.5, 0.6) is 0 Å². The highest BCUT2D eigenvalue weighted by Gasteiger charge is 2.30. The SMILES string of the molecule is O=C(NCC1CC(n2cccn2)C1)c1ccc(-n2nn[nH]c2=O)cc1. The van der Waals surface area contributed by atoms with Crippen molar-refractivity contribution in [1.82, 2.24) is 35.3 Å². The van der Waals surface area contributed by atoms with Crippen molar-refractivity contribution < 1.29 is 4.79 Å². The number of nitrogens with one attached hydrogen (secondary N) is 2. The minimum atomic E-state index is -0.422. The van der Waals surface area contributed by atoms with E-state index in [0.717, 1.165) is 17.5 Å². The highest BCUT2D eigenvalue weighted by atomic mass is 16.2. The molecule has 0 spiro atoms. The number of hydrogen-bond donors (Lipinski definition) is 2. The lowest BCUT2D eigenvalue weighted by Gasteiger charge is -2.35. The molecule has 128 valence electrons. The number of aromatic amines is 1. The van der Waals surface area contributed by atoms with E-state index in [4.69, 9.17) is 0 Å². The van der Waals surface area contributed by atoms with Gasteiger partial charge >= 0.3 is 5.69 Å². The van der Waals surface area contributed by atoms with E-state index < -0.39 is 5.69 Å². The van der Waals surface area contributed by atoms with Gasteiger partial charge < -0.3 is 5.32 Å². The van der Waals surface area contributed by atoms with Crippen LogP contribution < -0.4 is 11.0 Å². The Balaban J connectivity index is 1.30. The summed E-state index contributed by atoms with van der Waals surface area (Å²) in [5.41, 5.74) is 0.675. The Bertz CT molecular complexity index is 905. The molecule has 1 saturated carbocycles. The van der Waals surface area contributed by atoms with Gasteiger partial charge in [0, 0.05) is 24.5 Å². The van der Waals surface area contributed by atoms with E-state index in [1.54, 1.807) is 30.5 Å². The van der Waals surface area contributed by atoms with Crippen LogP contribution in [0.4, 0.5) is 0 Å². The van der Waals surface area contributed by atoms with Crippen LogP contribution in [0.15, 0.2) is 47.5 Å².